The second-order valence-corrected chi connectivity index (χ2v) is 5.63. The van der Waals surface area contributed by atoms with Crippen LogP contribution in [0.1, 0.15) is 26.2 Å². The van der Waals surface area contributed by atoms with E-state index in [9.17, 15) is 14.7 Å². The lowest BCUT2D eigenvalue weighted by atomic mass is 10.2. The van der Waals surface area contributed by atoms with Crippen molar-refractivity contribution in [2.24, 2.45) is 0 Å². The zero-order chi connectivity index (χ0) is 15.6. The first kappa shape index (κ1) is 18.4. The smallest absolute Gasteiger partial charge is 0.310 e. The van der Waals surface area contributed by atoms with Gasteiger partial charge in [-0.1, -0.05) is 31.2 Å². The molecule has 0 saturated heterocycles. The van der Waals surface area contributed by atoms with Crippen LogP contribution in [0.25, 0.3) is 0 Å². The molecular formula is C15H25NO4. The third-order valence-electron chi connectivity index (χ3n) is 2.35. The van der Waals surface area contributed by atoms with E-state index in [-0.39, 0.29) is 12.8 Å². The van der Waals surface area contributed by atoms with Gasteiger partial charge in [0.25, 0.3) is 0 Å². The van der Waals surface area contributed by atoms with Crippen LogP contribution in [0.5, 0.6) is 0 Å². The summed E-state index contributed by atoms with van der Waals surface area (Å²) in [6.45, 7) is 2.45. The van der Waals surface area contributed by atoms with Crippen molar-refractivity contribution in [3.05, 3.63) is 24.3 Å². The average molecular weight is 283 g/mol. The Bertz CT molecular complexity index is 367. The lowest BCUT2D eigenvalue weighted by molar-refractivity contribution is -0.873. The maximum absolute atomic E-state index is 11.6. The van der Waals surface area contributed by atoms with Crippen LogP contribution in [0, 0.1) is 0 Å². The normalized spacial score (nSPS) is 13.8. The molecule has 0 aromatic carbocycles. The van der Waals surface area contributed by atoms with Gasteiger partial charge < -0.3 is 19.1 Å². The van der Waals surface area contributed by atoms with Gasteiger partial charge in [-0.25, -0.2) is 0 Å². The van der Waals surface area contributed by atoms with Gasteiger partial charge in [0.15, 0.2) is 6.10 Å². The molecule has 5 nitrogen and oxygen atoms in total. The SMILES string of the molecule is CC/C=C/C=C/CC(=O)OC(CC(=O)[O-])C[N+](C)(C)C. The number of ether oxygens (including phenoxy) is 1. The minimum Gasteiger partial charge on any atom is -0.550 e. The highest BCUT2D eigenvalue weighted by Gasteiger charge is 2.21. The molecule has 0 spiro atoms. The molecule has 0 aliphatic heterocycles. The minimum atomic E-state index is -1.21. The molecule has 0 aromatic heterocycles. The molecule has 0 saturated carbocycles. The Balaban J connectivity index is 4.34. The van der Waals surface area contributed by atoms with Gasteiger partial charge in [0.2, 0.25) is 0 Å². The van der Waals surface area contributed by atoms with Crippen LogP contribution in [-0.2, 0) is 14.3 Å². The van der Waals surface area contributed by atoms with Crippen LogP contribution in [0.4, 0.5) is 0 Å². The van der Waals surface area contributed by atoms with Crippen molar-refractivity contribution in [1.29, 1.82) is 0 Å². The van der Waals surface area contributed by atoms with E-state index in [4.69, 9.17) is 4.74 Å². The molecule has 114 valence electrons. The third-order valence-corrected chi connectivity index (χ3v) is 2.35. The maximum atomic E-state index is 11.6. The fraction of sp³-hybridized carbons (Fsp3) is 0.600. The fourth-order valence-corrected chi connectivity index (χ4v) is 1.63. The largest absolute Gasteiger partial charge is 0.550 e. The van der Waals surface area contributed by atoms with Crippen molar-refractivity contribution < 1.29 is 23.9 Å². The van der Waals surface area contributed by atoms with Crippen molar-refractivity contribution >= 4 is 11.9 Å². The summed E-state index contributed by atoms with van der Waals surface area (Å²) >= 11 is 0. The summed E-state index contributed by atoms with van der Waals surface area (Å²) in [7, 11) is 5.72. The number of esters is 1. The number of rotatable bonds is 9. The molecule has 0 N–H and O–H groups in total. The summed E-state index contributed by atoms with van der Waals surface area (Å²) in [4.78, 5) is 22.3. The van der Waals surface area contributed by atoms with Crippen LogP contribution < -0.4 is 5.11 Å². The second kappa shape index (κ2) is 9.31. The Morgan fingerprint density at radius 1 is 1.20 bits per heavy atom. The van der Waals surface area contributed by atoms with E-state index in [1.165, 1.54) is 0 Å². The summed E-state index contributed by atoms with van der Waals surface area (Å²) in [5.74, 6) is -1.64. The summed E-state index contributed by atoms with van der Waals surface area (Å²) < 4.78 is 5.71. The van der Waals surface area contributed by atoms with E-state index in [2.05, 4.69) is 0 Å². The van der Waals surface area contributed by atoms with Crippen molar-refractivity contribution in [2.75, 3.05) is 27.7 Å². The van der Waals surface area contributed by atoms with Gasteiger partial charge in [-0.2, -0.15) is 0 Å². The number of hydrogen-bond acceptors (Lipinski definition) is 4. The molecule has 0 fully saturated rings. The van der Waals surface area contributed by atoms with Gasteiger partial charge in [0, 0.05) is 12.4 Å². The monoisotopic (exact) mass is 283 g/mol. The molecule has 0 aliphatic carbocycles. The zero-order valence-corrected chi connectivity index (χ0v) is 12.8. The number of carbonyl (C=O) groups is 2. The highest BCUT2D eigenvalue weighted by atomic mass is 16.5. The van der Waals surface area contributed by atoms with Gasteiger partial charge in [-0.05, 0) is 6.42 Å². The van der Waals surface area contributed by atoms with Crippen molar-refractivity contribution in [1.82, 2.24) is 0 Å². The molecule has 5 heteroatoms. The molecule has 20 heavy (non-hydrogen) atoms. The molecular weight excluding hydrogens is 258 g/mol. The molecule has 0 bridgehead atoms. The molecule has 0 rings (SSSR count). The van der Waals surface area contributed by atoms with Crippen LogP contribution in [0.15, 0.2) is 24.3 Å². The van der Waals surface area contributed by atoms with Crippen LogP contribution >= 0.6 is 0 Å². The number of quaternary nitrogens is 1. The molecule has 0 radical (unpaired) electrons. The van der Waals surface area contributed by atoms with E-state index >= 15 is 0 Å². The standard InChI is InChI=1S/C15H25NO4/c1-5-6-7-8-9-10-15(19)20-13(11-14(17)18)12-16(2,3)4/h6-9,13H,5,10-12H2,1-4H3/b7-6+,9-8+. The van der Waals surface area contributed by atoms with Crippen molar-refractivity contribution in [2.45, 2.75) is 32.3 Å². The summed E-state index contributed by atoms with van der Waals surface area (Å²) in [5, 5.41) is 10.7. The molecule has 0 amide bonds. The van der Waals surface area contributed by atoms with Gasteiger partial charge in [0.1, 0.15) is 6.54 Å². The minimum absolute atomic E-state index is 0.134. The molecule has 0 heterocycles. The molecule has 0 aliphatic rings. The van der Waals surface area contributed by atoms with Gasteiger partial charge in [-0.15, -0.1) is 0 Å². The number of carboxylic acid groups (broad SMARTS) is 1. The van der Waals surface area contributed by atoms with Crippen molar-refractivity contribution in [3.63, 3.8) is 0 Å². The Kier molecular flexibility index (Phi) is 8.56. The Morgan fingerprint density at radius 2 is 1.80 bits per heavy atom. The topological polar surface area (TPSA) is 66.4 Å². The lowest BCUT2D eigenvalue weighted by Crippen LogP contribution is -2.45. The number of allylic oxidation sites excluding steroid dienone is 3. The van der Waals surface area contributed by atoms with Gasteiger partial charge >= 0.3 is 5.97 Å². The number of likely N-dealkylation sites (N-methyl/N-ethyl adjacent to an activating group) is 1. The number of nitrogens with zero attached hydrogens (tertiary/aromatic N) is 1. The van der Waals surface area contributed by atoms with Crippen LogP contribution in [0.2, 0.25) is 0 Å². The molecule has 1 unspecified atom stereocenters. The van der Waals surface area contributed by atoms with E-state index in [1.807, 2.05) is 40.2 Å². The predicted octanol–water partition coefficient (Wildman–Crippen LogP) is 0.657. The number of carbonyl (C=O) groups excluding carboxylic acids is 2. The molecule has 1 atom stereocenters. The first-order valence-electron chi connectivity index (χ1n) is 6.76. The van der Waals surface area contributed by atoms with Gasteiger partial charge in [-0.3, -0.25) is 4.79 Å². The highest BCUT2D eigenvalue weighted by molar-refractivity contribution is 5.72. The Hall–Kier alpha value is -1.62. The summed E-state index contributed by atoms with van der Waals surface area (Å²) in [6, 6.07) is 0. The second-order valence-electron chi connectivity index (χ2n) is 5.63. The molecule has 0 aromatic rings. The summed E-state index contributed by atoms with van der Waals surface area (Å²) in [5.41, 5.74) is 0. The van der Waals surface area contributed by atoms with Crippen molar-refractivity contribution in [3.8, 4) is 0 Å². The lowest BCUT2D eigenvalue weighted by Gasteiger charge is -2.29. The summed E-state index contributed by atoms with van der Waals surface area (Å²) in [6.07, 6.45) is 7.43. The van der Waals surface area contributed by atoms with E-state index in [0.717, 1.165) is 6.42 Å². The number of hydrogen-bond donors (Lipinski definition) is 0. The Labute approximate surface area is 121 Å². The van der Waals surface area contributed by atoms with Crippen LogP contribution in [0.3, 0.4) is 0 Å². The number of aliphatic carboxylic acids is 1. The van der Waals surface area contributed by atoms with E-state index < -0.39 is 18.0 Å². The van der Waals surface area contributed by atoms with Gasteiger partial charge in [0.05, 0.1) is 27.6 Å². The van der Waals surface area contributed by atoms with E-state index in [1.54, 1.807) is 12.2 Å². The maximum Gasteiger partial charge on any atom is 0.310 e. The Morgan fingerprint density at radius 3 is 2.30 bits per heavy atom. The quantitative estimate of drug-likeness (QED) is 0.354. The van der Waals surface area contributed by atoms with Crippen LogP contribution in [-0.4, -0.2) is 50.2 Å². The third kappa shape index (κ3) is 11.5. The highest BCUT2D eigenvalue weighted by Crippen LogP contribution is 2.06. The fourth-order valence-electron chi connectivity index (χ4n) is 1.63. The predicted molar refractivity (Wildman–Crippen MR) is 75.6 cm³/mol. The first-order chi connectivity index (χ1) is 9.24. The zero-order valence-electron chi connectivity index (χ0n) is 12.8. The average Bonchev–Trinajstić information content (AvgIpc) is 2.25. The number of carboxylic acids is 1. The van der Waals surface area contributed by atoms with E-state index in [0.29, 0.717) is 11.0 Å². The first-order valence-corrected chi connectivity index (χ1v) is 6.76.